The maximum absolute atomic E-state index is 6.37. The highest BCUT2D eigenvalue weighted by molar-refractivity contribution is 14.1. The first-order valence-corrected chi connectivity index (χ1v) is 10.1. The third kappa shape index (κ3) is 4.52. The molecule has 1 saturated heterocycles. The summed E-state index contributed by atoms with van der Waals surface area (Å²) in [4.78, 5) is 0. The quantitative estimate of drug-likeness (QED) is 0.341. The lowest BCUT2D eigenvalue weighted by atomic mass is 9.79. The molecule has 1 heterocycles. The normalized spacial score (nSPS) is 31.5. The second-order valence-corrected chi connectivity index (χ2v) is 7.61. The maximum Gasteiger partial charge on any atom is 0.118 e. The van der Waals surface area contributed by atoms with Crippen molar-refractivity contribution >= 4 is 22.6 Å². The molecule has 0 aromatic heterocycles. The highest BCUT2D eigenvalue weighted by Gasteiger charge is 2.42. The van der Waals surface area contributed by atoms with Gasteiger partial charge in [-0.1, -0.05) is 61.6 Å². The summed E-state index contributed by atoms with van der Waals surface area (Å²) in [5, 5.41) is 0. The van der Waals surface area contributed by atoms with Crippen LogP contribution in [0.4, 0.5) is 0 Å². The third-order valence-corrected chi connectivity index (χ3v) is 5.98. The summed E-state index contributed by atoms with van der Waals surface area (Å²) in [5.41, 5.74) is 1.17. The van der Waals surface area contributed by atoms with Gasteiger partial charge in [0.15, 0.2) is 0 Å². The molecule has 0 radical (unpaired) electrons. The van der Waals surface area contributed by atoms with E-state index >= 15 is 0 Å². The Morgan fingerprint density at radius 3 is 2.46 bits per heavy atom. The predicted molar refractivity (Wildman–Crippen MR) is 107 cm³/mol. The second kappa shape index (κ2) is 9.20. The molecule has 0 saturated carbocycles. The van der Waals surface area contributed by atoms with E-state index in [1.807, 2.05) is 18.2 Å². The predicted octanol–water partition coefficient (Wildman–Crippen LogP) is 4.88. The van der Waals surface area contributed by atoms with Crippen molar-refractivity contribution in [2.45, 2.75) is 45.7 Å². The minimum absolute atomic E-state index is 0.166. The first kappa shape index (κ1) is 19.7. The second-order valence-electron chi connectivity index (χ2n) is 6.73. The number of hydrogen-bond donors (Lipinski definition) is 0. The summed E-state index contributed by atoms with van der Waals surface area (Å²) in [6.45, 7) is 11.2. The minimum atomic E-state index is 0.166. The van der Waals surface area contributed by atoms with Crippen LogP contribution in [0.2, 0.25) is 0 Å². The number of benzene rings is 1. The molecule has 0 spiro atoms. The molecule has 2 rings (SSSR count). The van der Waals surface area contributed by atoms with Gasteiger partial charge >= 0.3 is 0 Å². The first-order chi connectivity index (χ1) is 11.5. The van der Waals surface area contributed by atoms with Gasteiger partial charge in [0, 0.05) is 22.2 Å². The Balaban J connectivity index is 2.07. The van der Waals surface area contributed by atoms with Crippen LogP contribution >= 0.6 is 22.6 Å². The average molecular weight is 444 g/mol. The molecule has 134 valence electrons. The Bertz CT molecular complexity index is 516. The van der Waals surface area contributed by atoms with Gasteiger partial charge in [-0.2, -0.15) is 0 Å². The smallest absolute Gasteiger partial charge is 0.118 e. The molecule has 1 fully saturated rings. The molecule has 0 amide bonds. The zero-order valence-electron chi connectivity index (χ0n) is 15.1. The molecule has 0 unspecified atom stereocenters. The molecule has 0 bridgehead atoms. The van der Waals surface area contributed by atoms with Gasteiger partial charge in [-0.3, -0.25) is 0 Å². The number of alkyl halides is 1. The molecule has 1 aliphatic heterocycles. The molecule has 0 aliphatic carbocycles. The SMILES string of the molecule is C=C[C@H](C)[C@@H]1O[C@H](CI)[C@H](C)[C@H](OCc2ccc(OC)cc2)[C@H]1C. The van der Waals surface area contributed by atoms with Gasteiger partial charge in [-0.25, -0.2) is 0 Å². The summed E-state index contributed by atoms with van der Waals surface area (Å²) >= 11 is 2.41. The molecule has 6 atom stereocenters. The topological polar surface area (TPSA) is 27.7 Å². The molecule has 1 aliphatic rings. The van der Waals surface area contributed by atoms with Gasteiger partial charge in [-0.15, -0.1) is 6.58 Å². The molecule has 0 N–H and O–H groups in total. The monoisotopic (exact) mass is 444 g/mol. The Hall–Kier alpha value is -0.590. The molecular formula is C20H29IO3. The van der Waals surface area contributed by atoms with Crippen LogP contribution in [0.15, 0.2) is 36.9 Å². The standard InChI is InChI=1S/C20H29IO3/c1-6-13(2)19-15(4)20(14(3)18(11-21)24-19)23-12-16-7-9-17(22-5)10-8-16/h6-10,13-15,18-20H,1,11-12H2,2-5H3/t13-,14-,15-,18+,19-,20-/m0/s1. The van der Waals surface area contributed by atoms with E-state index in [0.717, 1.165) is 10.2 Å². The summed E-state index contributed by atoms with van der Waals surface area (Å²) in [6.07, 6.45) is 2.57. The largest absolute Gasteiger partial charge is 0.497 e. The van der Waals surface area contributed by atoms with E-state index in [2.05, 4.69) is 62.1 Å². The van der Waals surface area contributed by atoms with E-state index in [9.17, 15) is 0 Å². The van der Waals surface area contributed by atoms with Crippen molar-refractivity contribution in [2.75, 3.05) is 11.5 Å². The number of hydrogen-bond acceptors (Lipinski definition) is 3. The van der Waals surface area contributed by atoms with Gasteiger partial charge in [-0.05, 0) is 17.7 Å². The van der Waals surface area contributed by atoms with Crippen LogP contribution in [-0.4, -0.2) is 29.8 Å². The van der Waals surface area contributed by atoms with Crippen molar-refractivity contribution in [1.82, 2.24) is 0 Å². The van der Waals surface area contributed by atoms with Crippen molar-refractivity contribution in [3.8, 4) is 5.75 Å². The lowest BCUT2D eigenvalue weighted by molar-refractivity contribution is -0.185. The van der Waals surface area contributed by atoms with E-state index in [1.54, 1.807) is 7.11 Å². The lowest BCUT2D eigenvalue weighted by Gasteiger charge is -2.46. The molecule has 1 aromatic carbocycles. The van der Waals surface area contributed by atoms with Crippen molar-refractivity contribution in [3.63, 3.8) is 0 Å². The van der Waals surface area contributed by atoms with E-state index < -0.39 is 0 Å². The Morgan fingerprint density at radius 1 is 1.25 bits per heavy atom. The summed E-state index contributed by atoms with van der Waals surface area (Å²) < 4.78 is 18.9. The van der Waals surface area contributed by atoms with Gasteiger partial charge < -0.3 is 14.2 Å². The van der Waals surface area contributed by atoms with Crippen LogP contribution in [-0.2, 0) is 16.1 Å². The van der Waals surface area contributed by atoms with Crippen LogP contribution in [0.3, 0.4) is 0 Å². The summed E-state index contributed by atoms with van der Waals surface area (Å²) in [6, 6.07) is 8.08. The van der Waals surface area contributed by atoms with E-state index in [-0.39, 0.29) is 18.3 Å². The number of methoxy groups -OCH3 is 1. The lowest BCUT2D eigenvalue weighted by Crippen LogP contribution is -2.52. The van der Waals surface area contributed by atoms with E-state index in [0.29, 0.717) is 24.4 Å². The van der Waals surface area contributed by atoms with Crippen molar-refractivity contribution in [2.24, 2.45) is 17.8 Å². The molecular weight excluding hydrogens is 415 g/mol. The minimum Gasteiger partial charge on any atom is -0.497 e. The number of halogens is 1. The number of ether oxygens (including phenoxy) is 3. The molecule has 3 nitrogen and oxygen atoms in total. The summed E-state index contributed by atoms with van der Waals surface area (Å²) in [5.74, 6) is 1.91. The highest BCUT2D eigenvalue weighted by Crippen LogP contribution is 2.37. The fraction of sp³-hybridized carbons (Fsp3) is 0.600. The van der Waals surface area contributed by atoms with Crippen LogP contribution < -0.4 is 4.74 Å². The van der Waals surface area contributed by atoms with Gasteiger partial charge in [0.2, 0.25) is 0 Å². The highest BCUT2D eigenvalue weighted by atomic mass is 127. The van der Waals surface area contributed by atoms with Crippen molar-refractivity contribution < 1.29 is 14.2 Å². The fourth-order valence-corrected chi connectivity index (χ4v) is 4.47. The molecule has 4 heteroatoms. The first-order valence-electron chi connectivity index (χ1n) is 8.60. The summed E-state index contributed by atoms with van der Waals surface area (Å²) in [7, 11) is 1.68. The maximum atomic E-state index is 6.37. The van der Waals surface area contributed by atoms with Crippen LogP contribution in [0.1, 0.15) is 26.3 Å². The van der Waals surface area contributed by atoms with Gasteiger partial charge in [0.05, 0.1) is 32.0 Å². The van der Waals surface area contributed by atoms with Crippen molar-refractivity contribution in [1.29, 1.82) is 0 Å². The molecule has 24 heavy (non-hydrogen) atoms. The van der Waals surface area contributed by atoms with Gasteiger partial charge in [0.1, 0.15) is 5.75 Å². The van der Waals surface area contributed by atoms with Crippen LogP contribution in [0, 0.1) is 17.8 Å². The van der Waals surface area contributed by atoms with E-state index in [4.69, 9.17) is 14.2 Å². The third-order valence-electron chi connectivity index (χ3n) is 5.12. The molecule has 1 aromatic rings. The Morgan fingerprint density at radius 2 is 1.92 bits per heavy atom. The zero-order valence-corrected chi connectivity index (χ0v) is 17.2. The van der Waals surface area contributed by atoms with E-state index in [1.165, 1.54) is 5.56 Å². The van der Waals surface area contributed by atoms with Crippen molar-refractivity contribution in [3.05, 3.63) is 42.5 Å². The zero-order chi connectivity index (χ0) is 17.7. The van der Waals surface area contributed by atoms with Gasteiger partial charge in [0.25, 0.3) is 0 Å². The van der Waals surface area contributed by atoms with Crippen LogP contribution in [0.25, 0.3) is 0 Å². The van der Waals surface area contributed by atoms with Crippen LogP contribution in [0.5, 0.6) is 5.75 Å². The fourth-order valence-electron chi connectivity index (χ4n) is 3.46. The Kier molecular flexibility index (Phi) is 7.57. The average Bonchev–Trinajstić information content (AvgIpc) is 2.61. The Labute approximate surface area is 159 Å². The number of rotatable bonds is 7.